The minimum absolute atomic E-state index is 0.0182. The Balaban J connectivity index is 1.32. The Morgan fingerprint density at radius 2 is 1.94 bits per heavy atom. The molecule has 2 aliphatic heterocycles. The van der Waals surface area contributed by atoms with Gasteiger partial charge in [0.15, 0.2) is 9.84 Å². The lowest BCUT2D eigenvalue weighted by Gasteiger charge is -2.23. The largest absolute Gasteiger partial charge is 0.465 e. The van der Waals surface area contributed by atoms with Gasteiger partial charge in [0.1, 0.15) is 5.82 Å². The van der Waals surface area contributed by atoms with Crippen molar-refractivity contribution in [1.29, 1.82) is 0 Å². The number of anilines is 1. The van der Waals surface area contributed by atoms with Gasteiger partial charge in [0.25, 0.3) is 5.89 Å². The molecule has 0 aromatic carbocycles. The Morgan fingerprint density at radius 3 is 2.73 bits per heavy atom. The van der Waals surface area contributed by atoms with Crippen molar-refractivity contribution in [3.63, 3.8) is 0 Å². The molecule has 48 heavy (non-hydrogen) atoms. The average molecular weight is 687 g/mol. The molecule has 250 valence electrons. The van der Waals surface area contributed by atoms with Gasteiger partial charge in [-0.25, -0.2) is 13.4 Å². The number of aromatic nitrogens is 5. The number of nitrogens with one attached hydrogen (secondary N) is 1. The summed E-state index contributed by atoms with van der Waals surface area (Å²) in [6.45, 7) is 5.64. The molecule has 0 amide bonds. The SMILES string of the molecule is COc1noc(-c2c(CCC3CCOCC3)nc3c(c2-c2cc4ccnc(N[C@H]5CCc6ncccc65)c4s2)S(=O)(=O)CC3C(C)C)n1. The monoisotopic (exact) mass is 686 g/mol. The van der Waals surface area contributed by atoms with E-state index in [1.165, 1.54) is 24.0 Å². The Bertz CT molecular complexity index is 2100. The van der Waals surface area contributed by atoms with Crippen LogP contribution >= 0.6 is 11.3 Å². The third kappa shape index (κ3) is 5.55. The Morgan fingerprint density at radius 1 is 1.08 bits per heavy atom. The van der Waals surface area contributed by atoms with Crippen LogP contribution in [0.2, 0.25) is 0 Å². The van der Waals surface area contributed by atoms with Crippen molar-refractivity contribution in [2.24, 2.45) is 11.8 Å². The van der Waals surface area contributed by atoms with Crippen LogP contribution in [0.1, 0.15) is 74.1 Å². The highest BCUT2D eigenvalue weighted by Crippen LogP contribution is 2.51. The smallest absolute Gasteiger partial charge is 0.354 e. The summed E-state index contributed by atoms with van der Waals surface area (Å²) in [4.78, 5) is 20.1. The lowest BCUT2D eigenvalue weighted by Crippen LogP contribution is -2.17. The molecule has 5 aromatic heterocycles. The van der Waals surface area contributed by atoms with Gasteiger partial charge in [0, 0.05) is 47.7 Å². The summed E-state index contributed by atoms with van der Waals surface area (Å²) in [5.74, 6) is 1.34. The molecule has 1 N–H and O–H groups in total. The summed E-state index contributed by atoms with van der Waals surface area (Å²) in [5, 5.41) is 8.67. The fraction of sp³-hybridized carbons (Fsp3) is 0.457. The van der Waals surface area contributed by atoms with E-state index in [2.05, 4.69) is 46.4 Å². The Hall–Kier alpha value is -3.94. The van der Waals surface area contributed by atoms with Crippen molar-refractivity contribution in [2.45, 2.75) is 69.2 Å². The number of methoxy groups -OCH3 is 1. The number of rotatable bonds is 9. The van der Waals surface area contributed by atoms with Gasteiger partial charge in [-0.05, 0) is 84.7 Å². The molecular formula is C35H38N6O5S2. The van der Waals surface area contributed by atoms with Crippen LogP contribution in [0.5, 0.6) is 6.01 Å². The average Bonchev–Trinajstić information content (AvgIpc) is 3.89. The van der Waals surface area contributed by atoms with Crippen molar-refractivity contribution in [1.82, 2.24) is 25.1 Å². The van der Waals surface area contributed by atoms with Gasteiger partial charge >= 0.3 is 6.01 Å². The molecule has 8 rings (SSSR count). The van der Waals surface area contributed by atoms with E-state index in [4.69, 9.17) is 24.0 Å². The zero-order valence-electron chi connectivity index (χ0n) is 27.2. The lowest BCUT2D eigenvalue weighted by molar-refractivity contribution is 0.0639. The number of hydrogen-bond donors (Lipinski definition) is 1. The van der Waals surface area contributed by atoms with Crippen molar-refractivity contribution in [3.05, 3.63) is 59.3 Å². The summed E-state index contributed by atoms with van der Waals surface area (Å²) < 4.78 is 46.0. The summed E-state index contributed by atoms with van der Waals surface area (Å²) in [5.41, 5.74) is 4.86. The van der Waals surface area contributed by atoms with Crippen LogP contribution in [0.3, 0.4) is 0 Å². The van der Waals surface area contributed by atoms with Crippen molar-refractivity contribution in [2.75, 3.05) is 31.4 Å². The van der Waals surface area contributed by atoms with E-state index in [9.17, 15) is 8.42 Å². The standard InChI is InChI=1S/C35H38N6O5S2/c1-19(2)23-18-48(42,43)32-29(27-17-21-10-14-37-33(31(21)47-27)39-25-9-8-24-22(25)5-4-13-36-24)28(34-40-35(44-3)41-46-34)26(38-30(23)32)7-6-20-11-15-45-16-12-20/h4-5,10,13-14,17,19-20,23,25H,6-9,11-12,15-16,18H2,1-3H3,(H,37,39)/t23?,25-/m0/s1. The summed E-state index contributed by atoms with van der Waals surface area (Å²) in [7, 11) is -2.21. The van der Waals surface area contributed by atoms with Crippen molar-refractivity contribution < 1.29 is 22.4 Å². The van der Waals surface area contributed by atoms with Crippen LogP contribution in [0.15, 0.2) is 46.1 Å². The van der Waals surface area contributed by atoms with Crippen LogP contribution in [-0.2, 0) is 27.4 Å². The van der Waals surface area contributed by atoms with Crippen LogP contribution in [0, 0.1) is 11.8 Å². The summed E-state index contributed by atoms with van der Waals surface area (Å²) in [6.07, 6.45) is 8.99. The first-order valence-corrected chi connectivity index (χ1v) is 19.1. The molecule has 5 aromatic rings. The zero-order chi connectivity index (χ0) is 33.0. The van der Waals surface area contributed by atoms with E-state index in [-0.39, 0.29) is 40.4 Å². The molecule has 1 aliphatic carbocycles. The number of ether oxygens (including phenoxy) is 2. The number of fused-ring (bicyclic) bond motifs is 3. The minimum atomic E-state index is -3.69. The second-order valence-corrected chi connectivity index (χ2v) is 16.3. The van der Waals surface area contributed by atoms with E-state index in [0.717, 1.165) is 77.5 Å². The first kappa shape index (κ1) is 31.3. The van der Waals surface area contributed by atoms with Crippen LogP contribution in [0.4, 0.5) is 5.82 Å². The van der Waals surface area contributed by atoms with E-state index in [1.807, 2.05) is 18.3 Å². The number of sulfone groups is 1. The first-order valence-electron chi connectivity index (χ1n) is 16.6. The fourth-order valence-corrected chi connectivity index (χ4v) is 10.9. The zero-order valence-corrected chi connectivity index (χ0v) is 28.9. The quantitative estimate of drug-likeness (QED) is 0.175. The molecule has 0 spiro atoms. The molecule has 13 heteroatoms. The predicted octanol–water partition coefficient (Wildman–Crippen LogP) is 6.80. The molecule has 1 unspecified atom stereocenters. The Labute approximate surface area is 283 Å². The van der Waals surface area contributed by atoms with Gasteiger partial charge in [0.2, 0.25) is 0 Å². The van der Waals surface area contributed by atoms with Gasteiger partial charge in [-0.15, -0.1) is 11.3 Å². The van der Waals surface area contributed by atoms with Gasteiger partial charge in [-0.2, -0.15) is 4.98 Å². The minimum Gasteiger partial charge on any atom is -0.465 e. The first-order chi connectivity index (χ1) is 23.3. The number of aryl methyl sites for hydroxylation is 2. The molecule has 0 bridgehead atoms. The maximum atomic E-state index is 14.2. The van der Waals surface area contributed by atoms with Crippen molar-refractivity contribution in [3.8, 4) is 27.9 Å². The van der Waals surface area contributed by atoms with E-state index >= 15 is 0 Å². The molecule has 3 aliphatic rings. The fourth-order valence-electron chi connectivity index (χ4n) is 7.45. The highest BCUT2D eigenvalue weighted by molar-refractivity contribution is 7.92. The number of pyridine rings is 3. The highest BCUT2D eigenvalue weighted by atomic mass is 32.2. The molecule has 1 saturated heterocycles. The van der Waals surface area contributed by atoms with E-state index in [0.29, 0.717) is 29.2 Å². The lowest BCUT2D eigenvalue weighted by atomic mass is 9.89. The summed E-state index contributed by atoms with van der Waals surface area (Å²) in [6, 6.07) is 8.29. The summed E-state index contributed by atoms with van der Waals surface area (Å²) >= 11 is 1.52. The number of thiophene rings is 1. The third-order valence-corrected chi connectivity index (χ3v) is 13.0. The number of nitrogens with zero attached hydrogens (tertiary/aromatic N) is 5. The molecule has 7 heterocycles. The topological polar surface area (TPSA) is 142 Å². The van der Waals surface area contributed by atoms with Gasteiger partial charge in [0.05, 0.1) is 45.5 Å². The second-order valence-electron chi connectivity index (χ2n) is 13.3. The molecular weight excluding hydrogens is 649 g/mol. The van der Waals surface area contributed by atoms with Crippen LogP contribution in [-0.4, -0.2) is 59.6 Å². The van der Waals surface area contributed by atoms with Gasteiger partial charge < -0.3 is 19.3 Å². The maximum absolute atomic E-state index is 14.2. The van der Waals surface area contributed by atoms with Crippen LogP contribution in [0.25, 0.3) is 32.0 Å². The Kier molecular flexibility index (Phi) is 8.16. The van der Waals surface area contributed by atoms with E-state index < -0.39 is 9.84 Å². The van der Waals surface area contributed by atoms with Crippen LogP contribution < -0.4 is 10.1 Å². The third-order valence-electron chi connectivity index (χ3n) is 10.0. The molecule has 0 saturated carbocycles. The highest BCUT2D eigenvalue weighted by Gasteiger charge is 2.43. The normalized spacial score (nSPS) is 20.3. The molecule has 2 atom stereocenters. The van der Waals surface area contributed by atoms with Gasteiger partial charge in [-0.1, -0.05) is 19.9 Å². The van der Waals surface area contributed by atoms with Gasteiger partial charge in [-0.3, -0.25) is 9.97 Å². The van der Waals surface area contributed by atoms with Crippen molar-refractivity contribution >= 4 is 37.1 Å². The molecule has 1 fully saturated rings. The maximum Gasteiger partial charge on any atom is 0.354 e. The van der Waals surface area contributed by atoms with E-state index in [1.54, 1.807) is 6.20 Å². The number of hydrogen-bond acceptors (Lipinski definition) is 12. The second kappa shape index (κ2) is 12.5. The molecule has 0 radical (unpaired) electrons. The predicted molar refractivity (Wildman–Crippen MR) is 183 cm³/mol. The molecule has 11 nitrogen and oxygen atoms in total.